The molecule has 2 rings (SSSR count). The molecule has 0 spiro atoms. The Kier molecular flexibility index (Phi) is 4.15. The summed E-state index contributed by atoms with van der Waals surface area (Å²) in [6.45, 7) is 0.400. The second kappa shape index (κ2) is 5.83. The molecule has 0 amide bonds. The normalized spacial score (nSPS) is 9.83. The van der Waals surface area contributed by atoms with Crippen molar-refractivity contribution in [3.05, 3.63) is 63.0 Å². The zero-order valence-corrected chi connectivity index (χ0v) is 11.6. The number of nitrogens with zero attached hydrogens (tertiary/aromatic N) is 1. The molecule has 18 heavy (non-hydrogen) atoms. The van der Waals surface area contributed by atoms with Crippen LogP contribution in [0.3, 0.4) is 0 Å². The lowest BCUT2D eigenvalue weighted by atomic mass is 10.1. The molecule has 0 saturated carbocycles. The molecule has 1 N–H and O–H groups in total. The first kappa shape index (κ1) is 12.8. The molecule has 0 aromatic heterocycles. The van der Waals surface area contributed by atoms with Crippen LogP contribution in [-0.4, -0.2) is 0 Å². The van der Waals surface area contributed by atoms with Crippen LogP contribution < -0.4 is 5.32 Å². The lowest BCUT2D eigenvalue weighted by molar-refractivity contribution is 0.612. The quantitative estimate of drug-likeness (QED) is 0.851. The second-order valence-electron chi connectivity index (χ2n) is 3.75. The molecule has 4 heteroatoms. The van der Waals surface area contributed by atoms with Gasteiger partial charge in [0.2, 0.25) is 0 Å². The van der Waals surface area contributed by atoms with Crippen LogP contribution >= 0.6 is 22.6 Å². The molecule has 0 heterocycles. The molecule has 0 bridgehead atoms. The highest BCUT2D eigenvalue weighted by Crippen LogP contribution is 2.18. The molecule has 0 saturated heterocycles. The molecule has 0 aliphatic carbocycles. The van der Waals surface area contributed by atoms with E-state index in [2.05, 4.69) is 27.9 Å². The maximum absolute atomic E-state index is 13.6. The van der Waals surface area contributed by atoms with E-state index in [0.29, 0.717) is 17.7 Å². The molecular formula is C14H10FIN2. The van der Waals surface area contributed by atoms with Crippen molar-refractivity contribution >= 4 is 28.3 Å². The Labute approximate surface area is 119 Å². The van der Waals surface area contributed by atoms with Gasteiger partial charge in [-0.05, 0) is 46.9 Å². The number of para-hydroxylation sites is 1. The van der Waals surface area contributed by atoms with Crippen LogP contribution in [0.25, 0.3) is 0 Å². The molecule has 2 aromatic carbocycles. The molecule has 0 unspecified atom stereocenters. The molecule has 0 atom stereocenters. The van der Waals surface area contributed by atoms with E-state index >= 15 is 0 Å². The number of nitriles is 1. The Morgan fingerprint density at radius 3 is 2.67 bits per heavy atom. The minimum Gasteiger partial charge on any atom is -0.380 e. The van der Waals surface area contributed by atoms with Crippen molar-refractivity contribution < 1.29 is 4.39 Å². The van der Waals surface area contributed by atoms with Crippen LogP contribution in [0.5, 0.6) is 0 Å². The molecule has 0 radical (unpaired) electrons. The summed E-state index contributed by atoms with van der Waals surface area (Å²) in [5.41, 5.74) is 1.86. The van der Waals surface area contributed by atoms with Gasteiger partial charge in [0.1, 0.15) is 5.82 Å². The first-order chi connectivity index (χ1) is 8.70. The summed E-state index contributed by atoms with van der Waals surface area (Å²) in [7, 11) is 0. The van der Waals surface area contributed by atoms with Crippen molar-refractivity contribution in [2.45, 2.75) is 6.54 Å². The summed E-state index contributed by atoms with van der Waals surface area (Å²) in [6.07, 6.45) is 0. The third-order valence-corrected chi connectivity index (χ3v) is 3.47. The highest BCUT2D eigenvalue weighted by molar-refractivity contribution is 14.1. The summed E-state index contributed by atoms with van der Waals surface area (Å²) < 4.78 is 14.7. The van der Waals surface area contributed by atoms with E-state index < -0.39 is 0 Å². The molecule has 0 aliphatic rings. The Morgan fingerprint density at radius 1 is 1.22 bits per heavy atom. The van der Waals surface area contributed by atoms with Crippen molar-refractivity contribution in [3.8, 4) is 6.07 Å². The van der Waals surface area contributed by atoms with Gasteiger partial charge in [0.05, 0.1) is 11.6 Å². The van der Waals surface area contributed by atoms with Crippen molar-refractivity contribution in [1.29, 1.82) is 5.26 Å². The number of rotatable bonds is 3. The van der Waals surface area contributed by atoms with E-state index in [-0.39, 0.29) is 5.82 Å². The molecule has 2 nitrogen and oxygen atoms in total. The van der Waals surface area contributed by atoms with Gasteiger partial charge in [-0.2, -0.15) is 5.26 Å². The van der Waals surface area contributed by atoms with Crippen LogP contribution in [0, 0.1) is 20.7 Å². The molecular weight excluding hydrogens is 342 g/mol. The Balaban J connectivity index is 2.12. The summed E-state index contributed by atoms with van der Waals surface area (Å²) in [5, 5.41) is 11.8. The van der Waals surface area contributed by atoms with Crippen LogP contribution in [0.1, 0.15) is 11.1 Å². The Hall–Kier alpha value is -1.61. The van der Waals surface area contributed by atoms with Gasteiger partial charge in [-0.15, -0.1) is 0 Å². The van der Waals surface area contributed by atoms with Gasteiger partial charge in [-0.3, -0.25) is 0 Å². The predicted molar refractivity (Wildman–Crippen MR) is 77.6 cm³/mol. The van der Waals surface area contributed by atoms with Crippen molar-refractivity contribution in [1.82, 2.24) is 0 Å². The average Bonchev–Trinajstić information content (AvgIpc) is 2.39. The van der Waals surface area contributed by atoms with Gasteiger partial charge in [-0.1, -0.05) is 18.2 Å². The maximum Gasteiger partial charge on any atom is 0.129 e. The summed E-state index contributed by atoms with van der Waals surface area (Å²) in [6, 6.07) is 14.2. The third-order valence-electron chi connectivity index (χ3n) is 2.53. The van der Waals surface area contributed by atoms with Gasteiger partial charge in [0.15, 0.2) is 0 Å². The second-order valence-corrected chi connectivity index (χ2v) is 4.91. The van der Waals surface area contributed by atoms with E-state index in [0.717, 1.165) is 9.26 Å². The largest absolute Gasteiger partial charge is 0.380 e. The van der Waals surface area contributed by atoms with Gasteiger partial charge in [0, 0.05) is 21.4 Å². The topological polar surface area (TPSA) is 35.8 Å². The van der Waals surface area contributed by atoms with E-state index in [1.807, 2.05) is 30.3 Å². The fourth-order valence-electron chi connectivity index (χ4n) is 1.56. The minimum atomic E-state index is -0.354. The monoisotopic (exact) mass is 352 g/mol. The molecule has 0 aliphatic heterocycles. The number of anilines is 1. The summed E-state index contributed by atoms with van der Waals surface area (Å²) in [5.74, 6) is -0.354. The number of halogens is 2. The molecule has 2 aromatic rings. The molecule has 90 valence electrons. The van der Waals surface area contributed by atoms with Gasteiger partial charge in [0.25, 0.3) is 0 Å². The maximum atomic E-state index is 13.6. The number of hydrogen-bond donors (Lipinski definition) is 1. The smallest absolute Gasteiger partial charge is 0.129 e. The number of nitrogens with one attached hydrogen (secondary N) is 1. The van der Waals surface area contributed by atoms with E-state index in [1.54, 1.807) is 12.1 Å². The fraction of sp³-hybridized carbons (Fsp3) is 0.0714. The Morgan fingerprint density at radius 2 is 2.00 bits per heavy atom. The van der Waals surface area contributed by atoms with Crippen molar-refractivity contribution in [3.63, 3.8) is 0 Å². The lowest BCUT2D eigenvalue weighted by Crippen LogP contribution is -2.03. The van der Waals surface area contributed by atoms with Gasteiger partial charge in [-0.25, -0.2) is 4.39 Å². The van der Waals surface area contributed by atoms with Gasteiger partial charge >= 0.3 is 0 Å². The number of benzene rings is 2. The molecule has 0 fully saturated rings. The lowest BCUT2D eigenvalue weighted by Gasteiger charge is -2.09. The van der Waals surface area contributed by atoms with Crippen molar-refractivity contribution in [2.75, 3.05) is 5.32 Å². The Bertz CT molecular complexity index is 605. The van der Waals surface area contributed by atoms with Crippen LogP contribution in [0.15, 0.2) is 42.5 Å². The standard InChI is InChI=1S/C14H10FIN2/c15-12-7-10(8-17)5-6-11(12)9-18-14-4-2-1-3-13(14)16/h1-7,18H,9H2. The van der Waals surface area contributed by atoms with Gasteiger partial charge < -0.3 is 5.32 Å². The first-order valence-electron chi connectivity index (χ1n) is 5.37. The zero-order chi connectivity index (χ0) is 13.0. The minimum absolute atomic E-state index is 0.338. The zero-order valence-electron chi connectivity index (χ0n) is 9.45. The van der Waals surface area contributed by atoms with Crippen LogP contribution in [0.2, 0.25) is 0 Å². The van der Waals surface area contributed by atoms with E-state index in [1.165, 1.54) is 6.07 Å². The number of hydrogen-bond acceptors (Lipinski definition) is 2. The van der Waals surface area contributed by atoms with Crippen LogP contribution in [-0.2, 0) is 6.54 Å². The SMILES string of the molecule is N#Cc1ccc(CNc2ccccc2I)c(F)c1. The average molecular weight is 352 g/mol. The highest BCUT2D eigenvalue weighted by atomic mass is 127. The van der Waals surface area contributed by atoms with E-state index in [4.69, 9.17) is 5.26 Å². The highest BCUT2D eigenvalue weighted by Gasteiger charge is 2.04. The van der Waals surface area contributed by atoms with E-state index in [9.17, 15) is 4.39 Å². The summed E-state index contributed by atoms with van der Waals surface area (Å²) in [4.78, 5) is 0. The van der Waals surface area contributed by atoms with Crippen molar-refractivity contribution in [2.24, 2.45) is 0 Å². The fourth-order valence-corrected chi connectivity index (χ4v) is 2.13. The third kappa shape index (κ3) is 2.99. The first-order valence-corrected chi connectivity index (χ1v) is 6.45. The predicted octanol–water partition coefficient (Wildman–Crippen LogP) is 3.91. The van der Waals surface area contributed by atoms with Crippen LogP contribution in [0.4, 0.5) is 10.1 Å². The summed E-state index contributed by atoms with van der Waals surface area (Å²) >= 11 is 2.22.